The van der Waals surface area contributed by atoms with Crippen molar-refractivity contribution in [3.8, 4) is 0 Å². The molecule has 36 heavy (non-hydrogen) atoms. The fourth-order valence-electron chi connectivity index (χ4n) is 4.75. The number of ketones is 1. The third-order valence-electron chi connectivity index (χ3n) is 6.77. The largest absolute Gasteiger partial charge is 0.503 e. The van der Waals surface area contributed by atoms with Crippen molar-refractivity contribution in [2.24, 2.45) is 0 Å². The molecule has 3 aromatic carbocycles. The van der Waals surface area contributed by atoms with Crippen LogP contribution in [0.25, 0.3) is 11.0 Å². The van der Waals surface area contributed by atoms with Gasteiger partial charge < -0.3 is 14.4 Å². The highest BCUT2D eigenvalue weighted by molar-refractivity contribution is 6.16. The van der Waals surface area contributed by atoms with Crippen LogP contribution in [0.1, 0.15) is 54.1 Å². The molecule has 1 atom stereocenters. The molecule has 1 amide bonds. The molecule has 0 radical (unpaired) electrons. The van der Waals surface area contributed by atoms with Gasteiger partial charge in [0.05, 0.1) is 11.6 Å². The Bertz CT molecular complexity index is 1420. The van der Waals surface area contributed by atoms with Crippen molar-refractivity contribution in [2.75, 3.05) is 6.54 Å². The number of carbonyl (C=O) groups is 2. The highest BCUT2D eigenvalue weighted by atomic mass is 16.3. The summed E-state index contributed by atoms with van der Waals surface area (Å²) in [6.07, 6.45) is 0.600. The fourth-order valence-corrected chi connectivity index (χ4v) is 4.75. The Labute approximate surface area is 210 Å². The molecule has 0 spiro atoms. The zero-order chi connectivity index (χ0) is 25.4. The van der Waals surface area contributed by atoms with Gasteiger partial charge in [0.25, 0.3) is 5.91 Å². The van der Waals surface area contributed by atoms with Crippen molar-refractivity contribution in [1.29, 1.82) is 0 Å². The van der Waals surface area contributed by atoms with Gasteiger partial charge in [-0.25, -0.2) is 0 Å². The summed E-state index contributed by atoms with van der Waals surface area (Å²) < 4.78 is 5.81. The minimum absolute atomic E-state index is 0.0398. The third-order valence-corrected chi connectivity index (χ3v) is 6.77. The summed E-state index contributed by atoms with van der Waals surface area (Å²) >= 11 is 0. The molecule has 0 fully saturated rings. The summed E-state index contributed by atoms with van der Waals surface area (Å²) in [6, 6.07) is 26.1. The van der Waals surface area contributed by atoms with Gasteiger partial charge in [0.1, 0.15) is 5.58 Å². The van der Waals surface area contributed by atoms with Gasteiger partial charge in [-0.2, -0.15) is 0 Å². The number of aliphatic hydroxyl groups is 1. The molecule has 0 saturated heterocycles. The average Bonchev–Trinajstić information content (AvgIpc) is 3.42. The van der Waals surface area contributed by atoms with E-state index in [-0.39, 0.29) is 16.7 Å². The highest BCUT2D eigenvalue weighted by Crippen LogP contribution is 2.40. The first-order chi connectivity index (χ1) is 17.2. The molecule has 1 aromatic heterocycles. The van der Waals surface area contributed by atoms with E-state index < -0.39 is 23.5 Å². The number of para-hydroxylation sites is 1. The van der Waals surface area contributed by atoms with E-state index in [0.29, 0.717) is 18.5 Å². The predicted octanol–water partition coefficient (Wildman–Crippen LogP) is 6.55. The molecule has 0 bridgehead atoms. The number of nitrogens with zero attached hydrogens (tertiary/aromatic N) is 1. The van der Waals surface area contributed by atoms with Gasteiger partial charge in [-0.1, -0.05) is 93.6 Å². The van der Waals surface area contributed by atoms with Gasteiger partial charge in [-0.3, -0.25) is 9.59 Å². The summed E-state index contributed by atoms with van der Waals surface area (Å²) in [5, 5.41) is 11.8. The zero-order valence-corrected chi connectivity index (χ0v) is 20.7. The molecule has 182 valence electrons. The molecule has 1 unspecified atom stereocenters. The summed E-state index contributed by atoms with van der Waals surface area (Å²) in [5.74, 6) is -1.44. The Kier molecular flexibility index (Phi) is 6.00. The number of rotatable bonds is 6. The van der Waals surface area contributed by atoms with E-state index in [1.165, 1.54) is 0 Å². The SMILES string of the molecule is CC(C)(C)c1ccc(C2C(C(=O)c3cc4ccccc4o3)=C(O)C(=O)N2CCc2ccccc2)cc1. The van der Waals surface area contributed by atoms with Gasteiger partial charge in [-0.05, 0) is 40.7 Å². The standard InChI is InChI=1S/C31H29NO4/c1-31(2,3)23-15-13-21(14-16-23)27-26(28(33)25-19-22-11-7-8-12-24(22)36-25)29(34)30(35)32(27)18-17-20-9-5-4-6-10-20/h4-16,19,27,34H,17-18H2,1-3H3. The maximum atomic E-state index is 13.7. The lowest BCUT2D eigenvalue weighted by Crippen LogP contribution is -2.33. The third kappa shape index (κ3) is 4.33. The minimum Gasteiger partial charge on any atom is -0.503 e. The second-order valence-electron chi connectivity index (χ2n) is 10.2. The smallest absolute Gasteiger partial charge is 0.290 e. The Morgan fingerprint density at radius 2 is 1.61 bits per heavy atom. The molecule has 0 aliphatic carbocycles. The van der Waals surface area contributed by atoms with Crippen molar-refractivity contribution in [2.45, 2.75) is 38.6 Å². The summed E-state index contributed by atoms with van der Waals surface area (Å²) in [7, 11) is 0. The van der Waals surface area contributed by atoms with Gasteiger partial charge in [0, 0.05) is 11.9 Å². The van der Waals surface area contributed by atoms with Gasteiger partial charge in [0.15, 0.2) is 11.5 Å². The first-order valence-electron chi connectivity index (χ1n) is 12.2. The summed E-state index contributed by atoms with van der Waals surface area (Å²) in [5.41, 5.74) is 3.58. The number of hydrogen-bond donors (Lipinski definition) is 1. The number of hydrogen-bond acceptors (Lipinski definition) is 4. The van der Waals surface area contributed by atoms with E-state index in [1.54, 1.807) is 17.0 Å². The molecule has 5 rings (SSSR count). The van der Waals surface area contributed by atoms with Crippen molar-refractivity contribution in [3.63, 3.8) is 0 Å². The number of amides is 1. The van der Waals surface area contributed by atoms with Gasteiger partial charge in [0.2, 0.25) is 5.78 Å². The van der Waals surface area contributed by atoms with Crippen molar-refractivity contribution < 1.29 is 19.1 Å². The number of benzene rings is 3. The minimum atomic E-state index is -0.712. The van der Waals surface area contributed by atoms with E-state index >= 15 is 0 Å². The number of furan rings is 1. The van der Waals surface area contributed by atoms with Crippen molar-refractivity contribution in [3.05, 3.63) is 119 Å². The zero-order valence-electron chi connectivity index (χ0n) is 20.7. The van der Waals surface area contributed by atoms with Gasteiger partial charge in [-0.15, -0.1) is 0 Å². The predicted molar refractivity (Wildman–Crippen MR) is 140 cm³/mol. The van der Waals surface area contributed by atoms with Crippen LogP contribution in [-0.2, 0) is 16.6 Å². The lowest BCUT2D eigenvalue weighted by molar-refractivity contribution is -0.129. The van der Waals surface area contributed by atoms with E-state index in [9.17, 15) is 14.7 Å². The van der Waals surface area contributed by atoms with E-state index in [2.05, 4.69) is 20.8 Å². The van der Waals surface area contributed by atoms with Crippen LogP contribution in [0.15, 0.2) is 101 Å². The summed E-state index contributed by atoms with van der Waals surface area (Å²) in [6.45, 7) is 6.76. The topological polar surface area (TPSA) is 70.7 Å². The van der Waals surface area contributed by atoms with Crippen LogP contribution in [0, 0.1) is 0 Å². The first-order valence-corrected chi connectivity index (χ1v) is 12.2. The van der Waals surface area contributed by atoms with Crippen LogP contribution in [0.5, 0.6) is 0 Å². The Balaban J connectivity index is 1.55. The van der Waals surface area contributed by atoms with Crippen LogP contribution in [0.4, 0.5) is 0 Å². The molecule has 1 aliphatic heterocycles. The molecule has 1 aliphatic rings. The first kappa shape index (κ1) is 23.6. The maximum absolute atomic E-state index is 13.7. The molecule has 5 nitrogen and oxygen atoms in total. The normalized spacial score (nSPS) is 16.2. The van der Waals surface area contributed by atoms with E-state index in [4.69, 9.17) is 4.42 Å². The van der Waals surface area contributed by atoms with E-state index in [1.807, 2.05) is 72.8 Å². The highest BCUT2D eigenvalue weighted by Gasteiger charge is 2.44. The van der Waals surface area contributed by atoms with Crippen LogP contribution < -0.4 is 0 Å². The maximum Gasteiger partial charge on any atom is 0.290 e. The van der Waals surface area contributed by atoms with Crippen molar-refractivity contribution >= 4 is 22.7 Å². The number of aliphatic hydroxyl groups excluding tert-OH is 1. The lowest BCUT2D eigenvalue weighted by atomic mass is 9.85. The van der Waals surface area contributed by atoms with Crippen LogP contribution in [0.3, 0.4) is 0 Å². The molecule has 5 heteroatoms. The van der Waals surface area contributed by atoms with E-state index in [0.717, 1.165) is 22.1 Å². The second-order valence-corrected chi connectivity index (χ2v) is 10.2. The Morgan fingerprint density at radius 1 is 0.944 bits per heavy atom. The molecule has 0 saturated carbocycles. The average molecular weight is 480 g/mol. The van der Waals surface area contributed by atoms with Crippen LogP contribution >= 0.6 is 0 Å². The second kappa shape index (κ2) is 9.15. The fraction of sp³-hybridized carbons (Fsp3) is 0.226. The van der Waals surface area contributed by atoms with Gasteiger partial charge >= 0.3 is 0 Å². The quantitative estimate of drug-likeness (QED) is 0.318. The molecule has 1 N–H and O–H groups in total. The molecule has 2 heterocycles. The van der Waals surface area contributed by atoms with Crippen LogP contribution in [0.2, 0.25) is 0 Å². The number of Topliss-reactive ketones (excluding diaryl/α,β-unsaturated/α-hetero) is 1. The Morgan fingerprint density at radius 3 is 2.28 bits per heavy atom. The molecular weight excluding hydrogens is 450 g/mol. The summed E-state index contributed by atoms with van der Waals surface area (Å²) in [4.78, 5) is 28.6. The number of fused-ring (bicyclic) bond motifs is 1. The lowest BCUT2D eigenvalue weighted by Gasteiger charge is -2.27. The molecule has 4 aromatic rings. The number of carbonyl (C=O) groups excluding carboxylic acids is 2. The Hall–Kier alpha value is -4.12. The van der Waals surface area contributed by atoms with Crippen LogP contribution in [-0.4, -0.2) is 28.2 Å². The monoisotopic (exact) mass is 479 g/mol. The van der Waals surface area contributed by atoms with Crippen molar-refractivity contribution in [1.82, 2.24) is 4.90 Å². The molecular formula is C31H29NO4.